The van der Waals surface area contributed by atoms with Crippen molar-refractivity contribution >= 4 is 17.6 Å². The van der Waals surface area contributed by atoms with Gasteiger partial charge in [0.1, 0.15) is 11.6 Å². The number of ether oxygens (including phenoxy) is 3. The minimum Gasteiger partial charge on any atom is -0.497 e. The van der Waals surface area contributed by atoms with Gasteiger partial charge in [-0.2, -0.15) is 0 Å². The van der Waals surface area contributed by atoms with Gasteiger partial charge in [-0.1, -0.05) is 0 Å². The number of rotatable bonds is 6. The standard InChI is InChI=1S/C33H35F2NO6/c1-17-14-26-21(11-12-36(26)31(37)23-15-19(40-6)9-10-24(23)34)28(27(17)30(32(38)39)42-33(3,4)5)22-16-25(35)29-20(18(22)2)8-7-13-41-29/h9-10,14-16,30H,7-8,11-13H2,1-6H3,(H,38,39). The zero-order chi connectivity index (χ0) is 30.5. The first-order chi connectivity index (χ1) is 19.8. The molecule has 0 spiro atoms. The maximum atomic E-state index is 15.6. The van der Waals surface area contributed by atoms with Crippen LogP contribution in [0.1, 0.15) is 71.5 Å². The van der Waals surface area contributed by atoms with Crippen molar-refractivity contribution < 1.29 is 37.7 Å². The SMILES string of the molecule is COc1ccc(F)c(C(=O)N2CCc3c2cc(C)c(C(OC(C)(C)C)C(=O)O)c3-c2cc(F)c3c(c2C)CCCO3)c1. The van der Waals surface area contributed by atoms with Crippen LogP contribution in [0.2, 0.25) is 0 Å². The Morgan fingerprint density at radius 3 is 2.45 bits per heavy atom. The molecule has 2 heterocycles. The van der Waals surface area contributed by atoms with Crippen molar-refractivity contribution in [3.63, 3.8) is 0 Å². The summed E-state index contributed by atoms with van der Waals surface area (Å²) in [4.78, 5) is 27.9. The molecular formula is C33H35F2NO6. The van der Waals surface area contributed by atoms with Gasteiger partial charge in [-0.15, -0.1) is 0 Å². The zero-order valence-corrected chi connectivity index (χ0v) is 24.7. The monoisotopic (exact) mass is 579 g/mol. The van der Waals surface area contributed by atoms with Crippen LogP contribution in [-0.2, 0) is 22.4 Å². The van der Waals surface area contributed by atoms with Gasteiger partial charge in [0.25, 0.3) is 5.91 Å². The zero-order valence-electron chi connectivity index (χ0n) is 24.7. The first kappa shape index (κ1) is 29.5. The Hall–Kier alpha value is -3.98. The second kappa shape index (κ2) is 11.0. The first-order valence-corrected chi connectivity index (χ1v) is 14.0. The van der Waals surface area contributed by atoms with Gasteiger partial charge in [-0.3, -0.25) is 4.79 Å². The van der Waals surface area contributed by atoms with Crippen LogP contribution in [0, 0.1) is 25.5 Å². The van der Waals surface area contributed by atoms with Gasteiger partial charge in [-0.25, -0.2) is 13.6 Å². The van der Waals surface area contributed by atoms with Gasteiger partial charge >= 0.3 is 5.97 Å². The number of aliphatic carboxylic acids is 1. The number of methoxy groups -OCH3 is 1. The fraction of sp³-hybridized carbons (Fsp3) is 0.394. The van der Waals surface area contributed by atoms with Gasteiger partial charge in [0.05, 0.1) is 24.9 Å². The fourth-order valence-electron chi connectivity index (χ4n) is 6.00. The summed E-state index contributed by atoms with van der Waals surface area (Å²) < 4.78 is 47.4. The van der Waals surface area contributed by atoms with E-state index in [-0.39, 0.29) is 17.9 Å². The summed E-state index contributed by atoms with van der Waals surface area (Å²) in [7, 11) is 1.44. The van der Waals surface area contributed by atoms with Crippen LogP contribution in [0.25, 0.3) is 11.1 Å². The van der Waals surface area contributed by atoms with Gasteiger partial charge < -0.3 is 24.2 Å². The summed E-state index contributed by atoms with van der Waals surface area (Å²) in [5, 5.41) is 10.4. The highest BCUT2D eigenvalue weighted by Gasteiger charge is 2.37. The molecule has 3 aromatic carbocycles. The van der Waals surface area contributed by atoms with Crippen molar-refractivity contribution in [3.8, 4) is 22.6 Å². The van der Waals surface area contributed by atoms with Gasteiger partial charge in [0, 0.05) is 23.4 Å². The molecule has 7 nitrogen and oxygen atoms in total. The lowest BCUT2D eigenvalue weighted by Gasteiger charge is -2.30. The summed E-state index contributed by atoms with van der Waals surface area (Å²) in [5.74, 6) is -2.38. The normalized spacial score (nSPS) is 15.1. The number of carboxylic acid groups (broad SMARTS) is 1. The minimum atomic E-state index is -1.36. The van der Waals surface area contributed by atoms with Gasteiger partial charge in [0.15, 0.2) is 17.7 Å². The van der Waals surface area contributed by atoms with Gasteiger partial charge in [-0.05, 0) is 112 Å². The summed E-state index contributed by atoms with van der Waals surface area (Å²) in [6.07, 6.45) is 0.344. The largest absolute Gasteiger partial charge is 0.497 e. The Bertz CT molecular complexity index is 1590. The molecule has 0 aliphatic carbocycles. The second-order valence-electron chi connectivity index (χ2n) is 11.8. The number of anilines is 1. The molecule has 42 heavy (non-hydrogen) atoms. The molecule has 0 fully saturated rings. The van der Waals surface area contributed by atoms with Crippen LogP contribution < -0.4 is 14.4 Å². The van der Waals surface area contributed by atoms with Crippen LogP contribution in [0.3, 0.4) is 0 Å². The third-order valence-corrected chi connectivity index (χ3v) is 7.85. The van der Waals surface area contributed by atoms with Crippen LogP contribution in [0.15, 0.2) is 30.3 Å². The van der Waals surface area contributed by atoms with Crippen molar-refractivity contribution in [2.75, 3.05) is 25.2 Å². The lowest BCUT2D eigenvalue weighted by molar-refractivity contribution is -0.160. The molecule has 2 aliphatic rings. The number of benzene rings is 3. The van der Waals surface area contributed by atoms with E-state index in [4.69, 9.17) is 14.2 Å². The molecule has 2 aliphatic heterocycles. The quantitative estimate of drug-likeness (QED) is 0.349. The van der Waals surface area contributed by atoms with E-state index in [0.29, 0.717) is 58.7 Å². The molecule has 0 aromatic heterocycles. The summed E-state index contributed by atoms with van der Waals surface area (Å²) in [6, 6.07) is 7.12. The molecule has 3 aromatic rings. The molecule has 0 radical (unpaired) electrons. The Morgan fingerprint density at radius 1 is 1.05 bits per heavy atom. The van der Waals surface area contributed by atoms with Crippen LogP contribution >= 0.6 is 0 Å². The molecular weight excluding hydrogens is 544 g/mol. The molecule has 222 valence electrons. The molecule has 1 atom stereocenters. The Balaban J connectivity index is 1.77. The lowest BCUT2D eigenvalue weighted by Crippen LogP contribution is -2.30. The summed E-state index contributed by atoms with van der Waals surface area (Å²) in [6.45, 7) is 9.60. The van der Waals surface area contributed by atoms with Crippen LogP contribution in [0.4, 0.5) is 14.5 Å². The molecule has 0 saturated carbocycles. The minimum absolute atomic E-state index is 0.141. The van der Waals surface area contributed by atoms with Crippen molar-refractivity contribution in [2.45, 2.75) is 65.6 Å². The predicted molar refractivity (Wildman–Crippen MR) is 155 cm³/mol. The Kier molecular flexibility index (Phi) is 7.74. The number of amides is 1. The van der Waals surface area contributed by atoms with Crippen molar-refractivity contribution in [2.24, 2.45) is 0 Å². The van der Waals surface area contributed by atoms with E-state index >= 15 is 4.39 Å². The number of hydrogen-bond donors (Lipinski definition) is 1. The maximum absolute atomic E-state index is 15.6. The van der Waals surface area contributed by atoms with Crippen LogP contribution in [0.5, 0.6) is 11.5 Å². The van der Waals surface area contributed by atoms with E-state index in [1.165, 1.54) is 36.3 Å². The van der Waals surface area contributed by atoms with E-state index in [2.05, 4.69) is 0 Å². The van der Waals surface area contributed by atoms with E-state index in [1.54, 1.807) is 33.8 Å². The summed E-state index contributed by atoms with van der Waals surface area (Å²) in [5.41, 5.74) is 3.78. The van der Waals surface area contributed by atoms with Crippen LogP contribution in [-0.4, -0.2) is 42.8 Å². The number of nitrogens with zero attached hydrogens (tertiary/aromatic N) is 1. The van der Waals surface area contributed by atoms with E-state index in [1.807, 2.05) is 6.92 Å². The molecule has 5 rings (SSSR count). The van der Waals surface area contributed by atoms with E-state index < -0.39 is 35.2 Å². The molecule has 1 amide bonds. The third kappa shape index (κ3) is 5.22. The second-order valence-corrected chi connectivity index (χ2v) is 11.8. The topological polar surface area (TPSA) is 85.3 Å². The maximum Gasteiger partial charge on any atom is 0.337 e. The molecule has 1 unspecified atom stereocenters. The number of hydrogen-bond acceptors (Lipinski definition) is 5. The number of carbonyl (C=O) groups is 2. The molecule has 0 bridgehead atoms. The number of carboxylic acids is 1. The number of halogens is 2. The van der Waals surface area contributed by atoms with E-state index in [0.717, 1.165) is 17.5 Å². The highest BCUT2D eigenvalue weighted by Crippen LogP contribution is 2.48. The Labute approximate surface area is 244 Å². The smallest absolute Gasteiger partial charge is 0.337 e. The molecule has 9 heteroatoms. The molecule has 1 N–H and O–H groups in total. The Morgan fingerprint density at radius 2 is 1.79 bits per heavy atom. The number of fused-ring (bicyclic) bond motifs is 2. The van der Waals surface area contributed by atoms with Gasteiger partial charge in [0.2, 0.25) is 0 Å². The van der Waals surface area contributed by atoms with Crippen molar-refractivity contribution in [3.05, 3.63) is 75.3 Å². The van der Waals surface area contributed by atoms with E-state index in [9.17, 15) is 19.1 Å². The molecule has 0 saturated heterocycles. The first-order valence-electron chi connectivity index (χ1n) is 14.0. The van der Waals surface area contributed by atoms with Crippen molar-refractivity contribution in [1.29, 1.82) is 0 Å². The average Bonchev–Trinajstić information content (AvgIpc) is 3.36. The van der Waals surface area contributed by atoms with Crippen molar-refractivity contribution in [1.82, 2.24) is 0 Å². The highest BCUT2D eigenvalue weighted by atomic mass is 19.1. The third-order valence-electron chi connectivity index (χ3n) is 7.85. The highest BCUT2D eigenvalue weighted by molar-refractivity contribution is 6.08. The number of aryl methyl sites for hydroxylation is 1. The fourth-order valence-corrected chi connectivity index (χ4v) is 6.00. The lowest BCUT2D eigenvalue weighted by atomic mass is 9.83. The summed E-state index contributed by atoms with van der Waals surface area (Å²) >= 11 is 0. The predicted octanol–water partition coefficient (Wildman–Crippen LogP) is 6.73. The number of carbonyl (C=O) groups excluding carboxylic acids is 1. The average molecular weight is 580 g/mol.